The first-order valence-corrected chi connectivity index (χ1v) is 5.34. The zero-order chi connectivity index (χ0) is 10.8. The fraction of sp³-hybridized carbons (Fsp3) is 0.909. The third-order valence-electron chi connectivity index (χ3n) is 3.03. The smallest absolute Gasteiger partial charge is 0.136 e. The van der Waals surface area contributed by atoms with Gasteiger partial charge >= 0.3 is 0 Å². The predicted molar refractivity (Wildman–Crippen MR) is 58.1 cm³/mol. The molecule has 3 heteroatoms. The topological polar surface area (TPSA) is 23.6 Å². The molecule has 1 fully saturated rings. The van der Waals surface area contributed by atoms with Crippen molar-refractivity contribution in [2.24, 2.45) is 5.41 Å². The molecule has 1 aliphatic heterocycles. The molecule has 0 aromatic rings. The molecule has 0 aromatic heterocycles. The monoisotopic (exact) mass is 198 g/mol. The lowest BCUT2D eigenvalue weighted by atomic mass is 9.88. The molecular formula is C11H22N2O. The van der Waals surface area contributed by atoms with Crippen molar-refractivity contribution in [2.75, 3.05) is 33.4 Å². The molecule has 0 atom stereocenters. The van der Waals surface area contributed by atoms with E-state index in [2.05, 4.69) is 16.8 Å². The van der Waals surface area contributed by atoms with Gasteiger partial charge in [-0.05, 0) is 20.4 Å². The number of nitrogens with zero attached hydrogens (tertiary/aromatic N) is 2. The van der Waals surface area contributed by atoms with E-state index < -0.39 is 0 Å². The SMILES string of the molecule is CC(=O)C(C)(C)CN1CCCN(C)C1. The maximum atomic E-state index is 11.4. The lowest BCUT2D eigenvalue weighted by molar-refractivity contribution is -0.126. The lowest BCUT2D eigenvalue weighted by Gasteiger charge is -2.37. The molecule has 0 aromatic carbocycles. The van der Waals surface area contributed by atoms with Crippen LogP contribution in [0.1, 0.15) is 27.2 Å². The minimum Gasteiger partial charge on any atom is -0.299 e. The Morgan fingerprint density at radius 2 is 2.00 bits per heavy atom. The van der Waals surface area contributed by atoms with Gasteiger partial charge in [-0.25, -0.2) is 0 Å². The molecule has 0 unspecified atom stereocenters. The first-order chi connectivity index (χ1) is 6.42. The van der Waals surface area contributed by atoms with Gasteiger partial charge < -0.3 is 0 Å². The maximum Gasteiger partial charge on any atom is 0.136 e. The zero-order valence-electron chi connectivity index (χ0n) is 9.84. The van der Waals surface area contributed by atoms with Gasteiger partial charge in [0.25, 0.3) is 0 Å². The summed E-state index contributed by atoms with van der Waals surface area (Å²) < 4.78 is 0. The summed E-state index contributed by atoms with van der Waals surface area (Å²) in [5.41, 5.74) is -0.196. The molecule has 0 saturated carbocycles. The Bertz CT molecular complexity index is 213. The molecule has 1 saturated heterocycles. The highest BCUT2D eigenvalue weighted by atomic mass is 16.1. The summed E-state index contributed by atoms with van der Waals surface area (Å²) in [6, 6.07) is 0. The average molecular weight is 198 g/mol. The molecule has 0 radical (unpaired) electrons. The van der Waals surface area contributed by atoms with E-state index in [4.69, 9.17) is 0 Å². The van der Waals surface area contributed by atoms with Gasteiger partial charge in [0.2, 0.25) is 0 Å². The number of rotatable bonds is 3. The molecule has 0 aliphatic carbocycles. The van der Waals surface area contributed by atoms with E-state index in [0.29, 0.717) is 0 Å². The average Bonchev–Trinajstić information content (AvgIpc) is 2.02. The van der Waals surface area contributed by atoms with E-state index in [1.54, 1.807) is 6.92 Å². The third kappa shape index (κ3) is 3.07. The van der Waals surface area contributed by atoms with E-state index in [0.717, 1.165) is 19.8 Å². The van der Waals surface area contributed by atoms with E-state index in [1.165, 1.54) is 13.0 Å². The van der Waals surface area contributed by atoms with Crippen molar-refractivity contribution in [3.05, 3.63) is 0 Å². The summed E-state index contributed by atoms with van der Waals surface area (Å²) in [6.07, 6.45) is 1.21. The Morgan fingerprint density at radius 3 is 2.50 bits per heavy atom. The van der Waals surface area contributed by atoms with Gasteiger partial charge in [0.15, 0.2) is 0 Å². The predicted octanol–water partition coefficient (Wildman–Crippen LogP) is 1.20. The van der Waals surface area contributed by atoms with Crippen molar-refractivity contribution in [3.63, 3.8) is 0 Å². The maximum absolute atomic E-state index is 11.4. The van der Waals surface area contributed by atoms with Crippen LogP contribution in [0, 0.1) is 5.41 Å². The molecule has 1 aliphatic rings. The van der Waals surface area contributed by atoms with Crippen LogP contribution in [0.3, 0.4) is 0 Å². The quantitative estimate of drug-likeness (QED) is 0.680. The number of hydrogen-bond acceptors (Lipinski definition) is 3. The van der Waals surface area contributed by atoms with Crippen LogP contribution in [-0.4, -0.2) is 48.9 Å². The normalized spacial score (nSPS) is 21.1. The summed E-state index contributed by atoms with van der Waals surface area (Å²) in [5, 5.41) is 0. The second kappa shape index (κ2) is 4.41. The first-order valence-electron chi connectivity index (χ1n) is 5.34. The van der Waals surface area contributed by atoms with Crippen LogP contribution in [-0.2, 0) is 4.79 Å². The van der Waals surface area contributed by atoms with Crippen LogP contribution in [0.25, 0.3) is 0 Å². The fourth-order valence-corrected chi connectivity index (χ4v) is 1.85. The minimum atomic E-state index is -0.196. The molecule has 0 amide bonds. The van der Waals surface area contributed by atoms with Gasteiger partial charge in [0.05, 0.1) is 6.67 Å². The van der Waals surface area contributed by atoms with Gasteiger partial charge in [0, 0.05) is 25.0 Å². The second-order valence-corrected chi connectivity index (χ2v) is 5.07. The summed E-state index contributed by atoms with van der Waals surface area (Å²) >= 11 is 0. The van der Waals surface area contributed by atoms with Crippen LogP contribution >= 0.6 is 0 Å². The fourth-order valence-electron chi connectivity index (χ4n) is 1.85. The van der Waals surface area contributed by atoms with Gasteiger partial charge in [0.1, 0.15) is 5.78 Å². The van der Waals surface area contributed by atoms with Gasteiger partial charge in [-0.15, -0.1) is 0 Å². The molecule has 0 spiro atoms. The van der Waals surface area contributed by atoms with Crippen LogP contribution in [0.15, 0.2) is 0 Å². The Kier molecular flexibility index (Phi) is 3.67. The number of hydrogen-bond donors (Lipinski definition) is 0. The van der Waals surface area contributed by atoms with Crippen molar-refractivity contribution >= 4 is 5.78 Å². The van der Waals surface area contributed by atoms with Crippen molar-refractivity contribution in [1.82, 2.24) is 9.80 Å². The minimum absolute atomic E-state index is 0.196. The van der Waals surface area contributed by atoms with E-state index in [-0.39, 0.29) is 11.2 Å². The van der Waals surface area contributed by atoms with Gasteiger partial charge in [-0.2, -0.15) is 0 Å². The van der Waals surface area contributed by atoms with Crippen LogP contribution in [0.5, 0.6) is 0 Å². The molecule has 3 nitrogen and oxygen atoms in total. The Hall–Kier alpha value is -0.410. The highest BCUT2D eigenvalue weighted by molar-refractivity contribution is 5.81. The summed E-state index contributed by atoms with van der Waals surface area (Å²) in [5.74, 6) is 0.283. The summed E-state index contributed by atoms with van der Waals surface area (Å²) in [6.45, 7) is 9.93. The Labute approximate surface area is 87.1 Å². The molecular weight excluding hydrogens is 176 g/mol. The summed E-state index contributed by atoms with van der Waals surface area (Å²) in [4.78, 5) is 16.1. The van der Waals surface area contributed by atoms with Gasteiger partial charge in [-0.3, -0.25) is 14.6 Å². The van der Waals surface area contributed by atoms with E-state index >= 15 is 0 Å². The molecule has 1 heterocycles. The van der Waals surface area contributed by atoms with Crippen LogP contribution in [0.2, 0.25) is 0 Å². The molecule has 14 heavy (non-hydrogen) atoms. The Balaban J connectivity index is 2.47. The standard InChI is InChI=1S/C11H22N2O/c1-10(14)11(2,3)8-13-7-5-6-12(4)9-13/h5-9H2,1-4H3. The van der Waals surface area contributed by atoms with Crippen molar-refractivity contribution in [3.8, 4) is 0 Å². The number of Topliss-reactive ketones (excluding diaryl/α,β-unsaturated/α-hetero) is 1. The zero-order valence-corrected chi connectivity index (χ0v) is 9.84. The molecule has 0 bridgehead atoms. The Morgan fingerprint density at radius 1 is 1.36 bits per heavy atom. The molecule has 0 N–H and O–H groups in total. The number of carbonyl (C=O) groups excluding carboxylic acids is 1. The molecule has 1 rings (SSSR count). The van der Waals surface area contributed by atoms with Crippen molar-refractivity contribution in [2.45, 2.75) is 27.2 Å². The van der Waals surface area contributed by atoms with Crippen LogP contribution < -0.4 is 0 Å². The first kappa shape index (κ1) is 11.7. The third-order valence-corrected chi connectivity index (χ3v) is 3.03. The van der Waals surface area contributed by atoms with E-state index in [9.17, 15) is 4.79 Å². The number of ketones is 1. The van der Waals surface area contributed by atoms with Gasteiger partial charge in [-0.1, -0.05) is 13.8 Å². The lowest BCUT2D eigenvalue weighted by Crippen LogP contribution is -2.47. The van der Waals surface area contributed by atoms with Crippen LogP contribution in [0.4, 0.5) is 0 Å². The molecule has 82 valence electrons. The number of carbonyl (C=O) groups is 1. The second-order valence-electron chi connectivity index (χ2n) is 5.07. The highest BCUT2D eigenvalue weighted by Gasteiger charge is 2.27. The largest absolute Gasteiger partial charge is 0.299 e. The van der Waals surface area contributed by atoms with Crippen molar-refractivity contribution < 1.29 is 4.79 Å². The highest BCUT2D eigenvalue weighted by Crippen LogP contribution is 2.19. The van der Waals surface area contributed by atoms with E-state index in [1.807, 2.05) is 13.8 Å². The van der Waals surface area contributed by atoms with Crippen molar-refractivity contribution in [1.29, 1.82) is 0 Å². The summed E-state index contributed by atoms with van der Waals surface area (Å²) in [7, 11) is 2.13.